The zero-order valence-electron chi connectivity index (χ0n) is 17.1. The maximum absolute atomic E-state index is 13.0. The number of hydrogen-bond acceptors (Lipinski definition) is 4. The SMILES string of the molecule is CC(C)(C)C(=O)N1CCCC1C(=O)N1CCN(CC(=O)N2CCCC2)CC1. The molecule has 3 saturated heterocycles. The van der Waals surface area contributed by atoms with Crippen LogP contribution in [0.2, 0.25) is 0 Å². The maximum Gasteiger partial charge on any atom is 0.245 e. The highest BCUT2D eigenvalue weighted by Crippen LogP contribution is 2.26. The van der Waals surface area contributed by atoms with Crippen LogP contribution in [-0.2, 0) is 14.4 Å². The molecule has 0 spiro atoms. The van der Waals surface area contributed by atoms with Gasteiger partial charge in [-0.1, -0.05) is 20.8 Å². The van der Waals surface area contributed by atoms with Crippen molar-refractivity contribution in [3.05, 3.63) is 0 Å². The van der Waals surface area contributed by atoms with Crippen LogP contribution >= 0.6 is 0 Å². The van der Waals surface area contributed by atoms with Crippen molar-refractivity contribution >= 4 is 17.7 Å². The molecule has 7 heteroatoms. The summed E-state index contributed by atoms with van der Waals surface area (Å²) in [6, 6.07) is -0.311. The van der Waals surface area contributed by atoms with Gasteiger partial charge in [-0.25, -0.2) is 0 Å². The largest absolute Gasteiger partial charge is 0.342 e. The third-order valence-electron chi connectivity index (χ3n) is 5.94. The standard InChI is InChI=1S/C20H34N4O3/c1-20(2,3)19(27)24-10-6-7-16(24)18(26)23-13-11-21(12-14-23)15-17(25)22-8-4-5-9-22/h16H,4-15H2,1-3H3. The fraction of sp³-hybridized carbons (Fsp3) is 0.850. The van der Waals surface area contributed by atoms with Crippen LogP contribution in [0.15, 0.2) is 0 Å². The van der Waals surface area contributed by atoms with Gasteiger partial charge in [0.1, 0.15) is 6.04 Å². The van der Waals surface area contributed by atoms with Gasteiger partial charge in [-0.05, 0) is 25.7 Å². The van der Waals surface area contributed by atoms with Gasteiger partial charge in [-0.2, -0.15) is 0 Å². The van der Waals surface area contributed by atoms with Crippen molar-refractivity contribution in [1.29, 1.82) is 0 Å². The number of likely N-dealkylation sites (tertiary alicyclic amines) is 2. The lowest BCUT2D eigenvalue weighted by atomic mass is 9.94. The Morgan fingerprint density at radius 1 is 0.815 bits per heavy atom. The molecular weight excluding hydrogens is 344 g/mol. The second kappa shape index (κ2) is 8.17. The number of piperazine rings is 1. The summed E-state index contributed by atoms with van der Waals surface area (Å²) < 4.78 is 0. The predicted molar refractivity (Wildman–Crippen MR) is 103 cm³/mol. The molecular formula is C20H34N4O3. The molecule has 0 aromatic heterocycles. The van der Waals surface area contributed by atoms with E-state index in [-0.39, 0.29) is 23.8 Å². The zero-order chi connectivity index (χ0) is 19.6. The first-order chi connectivity index (χ1) is 12.8. The number of rotatable bonds is 3. The number of carbonyl (C=O) groups is 3. The van der Waals surface area contributed by atoms with Crippen LogP contribution in [0.3, 0.4) is 0 Å². The summed E-state index contributed by atoms with van der Waals surface area (Å²) in [6.45, 7) is 11.4. The van der Waals surface area contributed by atoms with E-state index in [2.05, 4.69) is 4.90 Å². The van der Waals surface area contributed by atoms with Gasteiger partial charge in [0.2, 0.25) is 17.7 Å². The van der Waals surface area contributed by atoms with Crippen molar-refractivity contribution < 1.29 is 14.4 Å². The number of hydrogen-bond donors (Lipinski definition) is 0. The first-order valence-electron chi connectivity index (χ1n) is 10.4. The monoisotopic (exact) mass is 378 g/mol. The van der Waals surface area contributed by atoms with Crippen LogP contribution in [0.4, 0.5) is 0 Å². The molecule has 3 fully saturated rings. The predicted octanol–water partition coefficient (Wildman–Crippen LogP) is 0.790. The first kappa shape index (κ1) is 20.1. The van der Waals surface area contributed by atoms with E-state index < -0.39 is 5.41 Å². The van der Waals surface area contributed by atoms with Crippen molar-refractivity contribution in [1.82, 2.24) is 19.6 Å². The van der Waals surface area contributed by atoms with Gasteiger partial charge in [-0.15, -0.1) is 0 Å². The molecule has 3 aliphatic rings. The molecule has 1 unspecified atom stereocenters. The van der Waals surface area contributed by atoms with Gasteiger partial charge in [0.05, 0.1) is 6.54 Å². The Hall–Kier alpha value is -1.63. The smallest absolute Gasteiger partial charge is 0.245 e. The molecule has 3 rings (SSSR count). The maximum atomic E-state index is 13.0. The number of amides is 3. The Morgan fingerprint density at radius 3 is 2.04 bits per heavy atom. The van der Waals surface area contributed by atoms with E-state index in [1.165, 1.54) is 0 Å². The van der Waals surface area contributed by atoms with Crippen LogP contribution in [-0.4, -0.2) is 95.7 Å². The molecule has 0 saturated carbocycles. The van der Waals surface area contributed by atoms with Gasteiger partial charge < -0.3 is 14.7 Å². The summed E-state index contributed by atoms with van der Waals surface area (Å²) in [6.07, 6.45) is 3.87. The lowest BCUT2D eigenvalue weighted by Gasteiger charge is -2.38. The van der Waals surface area contributed by atoms with Gasteiger partial charge in [0, 0.05) is 51.2 Å². The quantitative estimate of drug-likeness (QED) is 0.728. The van der Waals surface area contributed by atoms with Crippen LogP contribution in [0.25, 0.3) is 0 Å². The van der Waals surface area contributed by atoms with E-state index in [4.69, 9.17) is 0 Å². The van der Waals surface area contributed by atoms with Crippen LogP contribution in [0, 0.1) is 5.41 Å². The second-order valence-corrected chi connectivity index (χ2v) is 9.10. The molecule has 7 nitrogen and oxygen atoms in total. The summed E-state index contributed by atoms with van der Waals surface area (Å²) in [5.41, 5.74) is -0.461. The van der Waals surface area contributed by atoms with Crippen LogP contribution in [0.5, 0.6) is 0 Å². The summed E-state index contributed by atoms with van der Waals surface area (Å²) in [5, 5.41) is 0. The highest BCUT2D eigenvalue weighted by Gasteiger charge is 2.40. The fourth-order valence-electron chi connectivity index (χ4n) is 4.29. The van der Waals surface area contributed by atoms with Gasteiger partial charge in [0.15, 0.2) is 0 Å². The van der Waals surface area contributed by atoms with E-state index in [1.807, 2.05) is 30.6 Å². The molecule has 0 radical (unpaired) electrons. The highest BCUT2D eigenvalue weighted by atomic mass is 16.2. The molecule has 152 valence electrons. The van der Waals surface area contributed by atoms with Crippen molar-refractivity contribution in [2.24, 2.45) is 5.41 Å². The normalized spacial score (nSPS) is 24.6. The van der Waals surface area contributed by atoms with Crippen molar-refractivity contribution in [3.63, 3.8) is 0 Å². The number of carbonyl (C=O) groups excluding carboxylic acids is 3. The molecule has 3 amide bonds. The summed E-state index contributed by atoms with van der Waals surface area (Å²) in [7, 11) is 0. The van der Waals surface area contributed by atoms with Crippen LogP contribution < -0.4 is 0 Å². The Labute approximate surface area is 162 Å². The Morgan fingerprint density at radius 2 is 1.44 bits per heavy atom. The molecule has 1 atom stereocenters. The molecule has 0 aromatic carbocycles. The summed E-state index contributed by atoms with van der Waals surface area (Å²) in [5.74, 6) is 0.355. The Balaban J connectivity index is 1.50. The Kier molecular flexibility index (Phi) is 6.08. The minimum Gasteiger partial charge on any atom is -0.342 e. The topological polar surface area (TPSA) is 64.2 Å². The molecule has 0 bridgehead atoms. The first-order valence-corrected chi connectivity index (χ1v) is 10.4. The second-order valence-electron chi connectivity index (χ2n) is 9.10. The van der Waals surface area contributed by atoms with Crippen molar-refractivity contribution in [2.45, 2.75) is 52.5 Å². The Bertz CT molecular complexity index is 572. The fourth-order valence-corrected chi connectivity index (χ4v) is 4.29. The lowest BCUT2D eigenvalue weighted by molar-refractivity contribution is -0.149. The lowest BCUT2D eigenvalue weighted by Crippen LogP contribution is -2.56. The van der Waals surface area contributed by atoms with Crippen molar-refractivity contribution in [3.8, 4) is 0 Å². The average molecular weight is 379 g/mol. The van der Waals surface area contributed by atoms with E-state index in [0.29, 0.717) is 26.2 Å². The summed E-state index contributed by atoms with van der Waals surface area (Å²) >= 11 is 0. The molecule has 27 heavy (non-hydrogen) atoms. The van der Waals surface area contributed by atoms with Gasteiger partial charge >= 0.3 is 0 Å². The van der Waals surface area contributed by atoms with Gasteiger partial charge in [-0.3, -0.25) is 19.3 Å². The molecule has 3 aliphatic heterocycles. The van der Waals surface area contributed by atoms with E-state index in [0.717, 1.165) is 51.9 Å². The summed E-state index contributed by atoms with van der Waals surface area (Å²) in [4.78, 5) is 45.8. The molecule has 0 aliphatic carbocycles. The van der Waals surface area contributed by atoms with E-state index >= 15 is 0 Å². The van der Waals surface area contributed by atoms with Crippen LogP contribution in [0.1, 0.15) is 46.5 Å². The van der Waals surface area contributed by atoms with Crippen molar-refractivity contribution in [2.75, 3.05) is 52.4 Å². The van der Waals surface area contributed by atoms with Gasteiger partial charge in [0.25, 0.3) is 0 Å². The number of nitrogens with zero attached hydrogens (tertiary/aromatic N) is 4. The highest BCUT2D eigenvalue weighted by molar-refractivity contribution is 5.90. The molecule has 0 N–H and O–H groups in total. The average Bonchev–Trinajstić information content (AvgIpc) is 3.32. The molecule has 0 aromatic rings. The molecule has 3 heterocycles. The third-order valence-corrected chi connectivity index (χ3v) is 5.94. The minimum atomic E-state index is -0.461. The van der Waals surface area contributed by atoms with E-state index in [1.54, 1.807) is 4.90 Å². The zero-order valence-corrected chi connectivity index (χ0v) is 17.1. The minimum absolute atomic E-state index is 0.0631. The third kappa shape index (κ3) is 4.62. The van der Waals surface area contributed by atoms with E-state index in [9.17, 15) is 14.4 Å².